The van der Waals surface area contributed by atoms with Crippen LogP contribution in [0.25, 0.3) is 11.0 Å². The highest BCUT2D eigenvalue weighted by Gasteiger charge is 2.25. The number of H-pyrrole nitrogens is 2. The number of rotatable bonds is 7. The molecular weight excluding hydrogens is 430 g/mol. The van der Waals surface area contributed by atoms with Crippen molar-refractivity contribution in [1.82, 2.24) is 20.2 Å². The first-order valence-corrected chi connectivity index (χ1v) is 12.1. The molecule has 0 spiro atoms. The second-order valence-electron chi connectivity index (χ2n) is 8.39. The predicted molar refractivity (Wildman–Crippen MR) is 123 cm³/mol. The van der Waals surface area contributed by atoms with Crippen molar-refractivity contribution in [2.45, 2.75) is 31.2 Å². The van der Waals surface area contributed by atoms with E-state index >= 15 is 0 Å². The van der Waals surface area contributed by atoms with Crippen molar-refractivity contribution >= 4 is 32.7 Å². The second kappa shape index (κ2) is 8.79. The number of carbonyl (C=O) groups excluding carboxylic acids is 1. The van der Waals surface area contributed by atoms with Gasteiger partial charge in [-0.3, -0.25) is 9.52 Å². The highest BCUT2D eigenvalue weighted by molar-refractivity contribution is 7.92. The minimum absolute atomic E-state index is 0.0183. The molecule has 1 atom stereocenters. The number of aromatic amines is 2. The molecule has 1 aliphatic heterocycles. The molecule has 1 aromatic heterocycles. The van der Waals surface area contributed by atoms with Crippen molar-refractivity contribution in [3.63, 3.8) is 0 Å². The average molecular weight is 458 g/mol. The van der Waals surface area contributed by atoms with Gasteiger partial charge in [0.25, 0.3) is 15.9 Å². The third kappa shape index (κ3) is 4.71. The third-order valence-corrected chi connectivity index (χ3v) is 7.18. The lowest BCUT2D eigenvalue weighted by atomic mass is 10.1. The lowest BCUT2D eigenvalue weighted by Crippen LogP contribution is -2.33. The van der Waals surface area contributed by atoms with Crippen molar-refractivity contribution in [1.29, 1.82) is 0 Å². The van der Waals surface area contributed by atoms with Crippen LogP contribution in [0.1, 0.15) is 30.6 Å². The van der Waals surface area contributed by atoms with Crippen LogP contribution in [0.3, 0.4) is 0 Å². The number of hydrogen-bond acceptors (Lipinski definition) is 5. The Kier molecular flexibility index (Phi) is 6.07. The van der Waals surface area contributed by atoms with E-state index in [1.807, 2.05) is 0 Å². The highest BCUT2D eigenvalue weighted by Crippen LogP contribution is 2.23. The van der Waals surface area contributed by atoms with E-state index in [9.17, 15) is 18.0 Å². The second-order valence-corrected chi connectivity index (χ2v) is 10.1. The molecule has 4 rings (SSSR count). The van der Waals surface area contributed by atoms with Gasteiger partial charge < -0.3 is 20.2 Å². The Morgan fingerprint density at radius 2 is 1.91 bits per heavy atom. The third-order valence-electron chi connectivity index (χ3n) is 5.81. The van der Waals surface area contributed by atoms with Gasteiger partial charge in [0.15, 0.2) is 0 Å². The topological polar surface area (TPSA) is 127 Å². The molecule has 1 amide bonds. The van der Waals surface area contributed by atoms with Gasteiger partial charge in [-0.15, -0.1) is 0 Å². The van der Waals surface area contributed by atoms with Crippen molar-refractivity contribution in [2.75, 3.05) is 24.4 Å². The molecular formula is C22H27N5O4S. The molecule has 1 fully saturated rings. The zero-order valence-corrected chi connectivity index (χ0v) is 18.8. The van der Waals surface area contributed by atoms with E-state index in [0.717, 1.165) is 19.5 Å². The number of fused-ring (bicyclic) bond motifs is 1. The molecule has 0 bridgehead atoms. The van der Waals surface area contributed by atoms with Crippen LogP contribution in [0.5, 0.6) is 0 Å². The van der Waals surface area contributed by atoms with Crippen LogP contribution in [-0.4, -0.2) is 54.9 Å². The van der Waals surface area contributed by atoms with Crippen LogP contribution in [-0.2, 0) is 10.0 Å². The van der Waals surface area contributed by atoms with Gasteiger partial charge in [0.1, 0.15) is 0 Å². The maximum atomic E-state index is 12.9. The van der Waals surface area contributed by atoms with E-state index in [2.05, 4.69) is 38.8 Å². The van der Waals surface area contributed by atoms with E-state index in [-0.39, 0.29) is 22.1 Å². The summed E-state index contributed by atoms with van der Waals surface area (Å²) >= 11 is 0. The Labute approximate surface area is 186 Å². The number of carbonyl (C=O) groups is 1. The number of likely N-dealkylation sites (tertiary alicyclic amines) is 1. The summed E-state index contributed by atoms with van der Waals surface area (Å²) in [5, 5.41) is 2.95. The first-order chi connectivity index (χ1) is 15.2. The number of aromatic nitrogens is 2. The standard InChI is InChI=1S/C22H27N5O4S/c1-14(2)27-10-9-15(13-27)12-23-21(28)17-5-3-4-6-18(17)26-32(30,31)16-7-8-19-20(11-16)25-22(29)24-19/h3-8,11,14-15,26H,9-10,12-13H2,1-2H3,(H,23,28)(H2,24,25,29). The molecule has 1 saturated heterocycles. The number of amides is 1. The number of imidazole rings is 1. The van der Waals surface area contributed by atoms with E-state index in [1.165, 1.54) is 18.2 Å². The monoisotopic (exact) mass is 457 g/mol. The number of nitrogens with zero attached hydrogens (tertiary/aromatic N) is 1. The number of anilines is 1. The fourth-order valence-corrected chi connectivity index (χ4v) is 5.09. The molecule has 3 aromatic rings. The Hall–Kier alpha value is -3.11. The summed E-state index contributed by atoms with van der Waals surface area (Å²) in [6, 6.07) is 11.3. The zero-order chi connectivity index (χ0) is 22.9. The SMILES string of the molecule is CC(C)N1CCC(CNC(=O)c2ccccc2NS(=O)(=O)c2ccc3[nH]c(=O)[nH]c3c2)C1. The molecule has 0 radical (unpaired) electrons. The molecule has 2 aromatic carbocycles. The minimum Gasteiger partial charge on any atom is -0.352 e. The maximum absolute atomic E-state index is 12.9. The molecule has 0 saturated carbocycles. The molecule has 4 N–H and O–H groups in total. The number of benzene rings is 2. The van der Waals surface area contributed by atoms with Gasteiger partial charge in [0.05, 0.1) is 27.2 Å². The van der Waals surface area contributed by atoms with Gasteiger partial charge in [0.2, 0.25) is 0 Å². The van der Waals surface area contributed by atoms with Crippen molar-refractivity contribution in [3.8, 4) is 0 Å². The largest absolute Gasteiger partial charge is 0.352 e. The lowest BCUT2D eigenvalue weighted by molar-refractivity contribution is 0.0948. The van der Waals surface area contributed by atoms with E-state index in [0.29, 0.717) is 29.5 Å². The van der Waals surface area contributed by atoms with Gasteiger partial charge in [-0.1, -0.05) is 12.1 Å². The van der Waals surface area contributed by atoms with Crippen LogP contribution < -0.4 is 15.7 Å². The molecule has 1 unspecified atom stereocenters. The summed E-state index contributed by atoms with van der Waals surface area (Å²) in [6.07, 6.45) is 1.02. The summed E-state index contributed by atoms with van der Waals surface area (Å²) in [5.41, 5.74) is 0.935. The molecule has 1 aliphatic rings. The van der Waals surface area contributed by atoms with E-state index in [1.54, 1.807) is 24.3 Å². The first kappa shape index (κ1) is 22.1. The maximum Gasteiger partial charge on any atom is 0.323 e. The fourth-order valence-electron chi connectivity index (χ4n) is 3.98. The Morgan fingerprint density at radius 1 is 1.16 bits per heavy atom. The van der Waals surface area contributed by atoms with Crippen molar-refractivity contribution in [2.24, 2.45) is 5.92 Å². The van der Waals surface area contributed by atoms with Crippen LogP contribution in [0.15, 0.2) is 52.2 Å². The fraction of sp³-hybridized carbons (Fsp3) is 0.364. The van der Waals surface area contributed by atoms with Crippen LogP contribution in [0.2, 0.25) is 0 Å². The van der Waals surface area contributed by atoms with Gasteiger partial charge in [-0.05, 0) is 63.1 Å². The smallest absolute Gasteiger partial charge is 0.323 e. The van der Waals surface area contributed by atoms with Gasteiger partial charge >= 0.3 is 5.69 Å². The molecule has 2 heterocycles. The molecule has 0 aliphatic carbocycles. The Balaban J connectivity index is 1.48. The molecule has 32 heavy (non-hydrogen) atoms. The quantitative estimate of drug-likeness (QED) is 0.432. The van der Waals surface area contributed by atoms with Crippen LogP contribution in [0, 0.1) is 5.92 Å². The number of sulfonamides is 1. The van der Waals surface area contributed by atoms with E-state index < -0.39 is 15.7 Å². The summed E-state index contributed by atoms with van der Waals surface area (Å²) in [5.74, 6) is 0.0529. The Morgan fingerprint density at radius 3 is 2.66 bits per heavy atom. The summed E-state index contributed by atoms with van der Waals surface area (Å²) < 4.78 is 28.4. The predicted octanol–water partition coefficient (Wildman–Crippen LogP) is 2.12. The average Bonchev–Trinajstić information content (AvgIpc) is 3.37. The highest BCUT2D eigenvalue weighted by atomic mass is 32.2. The summed E-state index contributed by atoms with van der Waals surface area (Å²) in [7, 11) is -3.97. The van der Waals surface area contributed by atoms with Gasteiger partial charge in [-0.2, -0.15) is 0 Å². The van der Waals surface area contributed by atoms with Crippen molar-refractivity contribution in [3.05, 3.63) is 58.5 Å². The Bertz CT molecular complexity index is 1290. The van der Waals surface area contributed by atoms with Gasteiger partial charge in [-0.25, -0.2) is 13.2 Å². The number of hydrogen-bond donors (Lipinski definition) is 4. The molecule has 10 heteroatoms. The van der Waals surface area contributed by atoms with E-state index in [4.69, 9.17) is 0 Å². The van der Waals surface area contributed by atoms with Crippen molar-refractivity contribution < 1.29 is 13.2 Å². The van der Waals surface area contributed by atoms with Crippen LogP contribution >= 0.6 is 0 Å². The summed E-state index contributed by atoms with van der Waals surface area (Å²) in [6.45, 7) is 6.82. The number of para-hydroxylation sites is 1. The van der Waals surface area contributed by atoms with Gasteiger partial charge in [0, 0.05) is 19.1 Å². The normalized spacial score (nSPS) is 17.2. The zero-order valence-electron chi connectivity index (χ0n) is 18.0. The van der Waals surface area contributed by atoms with Crippen LogP contribution in [0.4, 0.5) is 5.69 Å². The first-order valence-electron chi connectivity index (χ1n) is 10.6. The molecule has 170 valence electrons. The lowest BCUT2D eigenvalue weighted by Gasteiger charge is -2.20. The number of nitrogens with one attached hydrogen (secondary N) is 4. The minimum atomic E-state index is -3.97. The molecule has 9 nitrogen and oxygen atoms in total. The summed E-state index contributed by atoms with van der Waals surface area (Å²) in [4.78, 5) is 31.8.